The third-order valence-corrected chi connectivity index (χ3v) is 2.69. The largest absolute Gasteiger partial charge is 0.480 e. The summed E-state index contributed by atoms with van der Waals surface area (Å²) >= 11 is 0. The highest BCUT2D eigenvalue weighted by molar-refractivity contribution is 5.75. The number of aliphatic carboxylic acids is 1. The predicted octanol–water partition coefficient (Wildman–Crippen LogP) is 1.56. The quantitative estimate of drug-likeness (QED) is 0.888. The Morgan fingerprint density at radius 2 is 2.00 bits per heavy atom. The van der Waals surface area contributed by atoms with Crippen LogP contribution in [0.1, 0.15) is 11.6 Å². The average Bonchev–Trinajstić information content (AvgIpc) is 2.78. The highest BCUT2D eigenvalue weighted by atomic mass is 16.4. The number of hydrogen-bond donors (Lipinski definition) is 1. The molecule has 1 heterocycles. The molecular weight excluding hydrogens is 230 g/mol. The minimum Gasteiger partial charge on any atom is -0.480 e. The van der Waals surface area contributed by atoms with Crippen LogP contribution < -0.4 is 0 Å². The van der Waals surface area contributed by atoms with E-state index in [4.69, 9.17) is 0 Å². The van der Waals surface area contributed by atoms with E-state index >= 15 is 0 Å². The van der Waals surface area contributed by atoms with Gasteiger partial charge in [-0.3, -0.25) is 9.69 Å². The van der Waals surface area contributed by atoms with Crippen LogP contribution in [0.4, 0.5) is 0 Å². The van der Waals surface area contributed by atoms with Crippen molar-refractivity contribution in [1.82, 2.24) is 14.7 Å². The maximum absolute atomic E-state index is 11.2. The zero-order valence-corrected chi connectivity index (χ0v) is 10.3. The lowest BCUT2D eigenvalue weighted by atomic mass is 10.1. The van der Waals surface area contributed by atoms with E-state index in [1.54, 1.807) is 36.1 Å². The molecule has 0 fully saturated rings. The molecule has 0 bridgehead atoms. The fourth-order valence-electron chi connectivity index (χ4n) is 1.86. The lowest BCUT2D eigenvalue weighted by Crippen LogP contribution is -2.27. The van der Waals surface area contributed by atoms with Crippen molar-refractivity contribution >= 4 is 5.97 Å². The molecule has 0 spiro atoms. The van der Waals surface area contributed by atoms with E-state index in [1.165, 1.54) is 0 Å². The summed E-state index contributed by atoms with van der Waals surface area (Å²) in [5.74, 6) is -0.882. The Balaban J connectivity index is 2.33. The van der Waals surface area contributed by atoms with Gasteiger partial charge in [-0.25, -0.2) is 4.68 Å². The van der Waals surface area contributed by atoms with Crippen LogP contribution in [-0.2, 0) is 4.79 Å². The number of carboxylic acid groups (broad SMARTS) is 1. The van der Waals surface area contributed by atoms with Crippen molar-refractivity contribution in [3.63, 3.8) is 0 Å². The summed E-state index contributed by atoms with van der Waals surface area (Å²) in [4.78, 5) is 12.9. The van der Waals surface area contributed by atoms with Crippen molar-refractivity contribution in [2.45, 2.75) is 6.04 Å². The molecular formula is C13H15N3O2. The normalized spacial score (nSPS) is 12.6. The van der Waals surface area contributed by atoms with E-state index in [1.807, 2.05) is 30.3 Å². The predicted molar refractivity (Wildman–Crippen MR) is 67.6 cm³/mol. The second-order valence-electron chi connectivity index (χ2n) is 4.26. The van der Waals surface area contributed by atoms with Gasteiger partial charge in [0, 0.05) is 11.8 Å². The minimum absolute atomic E-state index is 0.663. The first-order valence-electron chi connectivity index (χ1n) is 5.59. The van der Waals surface area contributed by atoms with Crippen molar-refractivity contribution in [3.8, 4) is 5.69 Å². The van der Waals surface area contributed by atoms with Crippen molar-refractivity contribution in [1.29, 1.82) is 0 Å². The molecule has 1 unspecified atom stereocenters. The van der Waals surface area contributed by atoms with Crippen molar-refractivity contribution in [2.24, 2.45) is 0 Å². The molecule has 5 heteroatoms. The van der Waals surface area contributed by atoms with Gasteiger partial charge in [0.15, 0.2) is 0 Å². The van der Waals surface area contributed by atoms with Gasteiger partial charge in [-0.05, 0) is 26.2 Å². The minimum atomic E-state index is -0.882. The monoisotopic (exact) mass is 245 g/mol. The summed E-state index contributed by atoms with van der Waals surface area (Å²) in [6.45, 7) is 0. The van der Waals surface area contributed by atoms with Crippen molar-refractivity contribution in [2.75, 3.05) is 14.1 Å². The molecule has 1 atom stereocenters. The molecule has 0 aliphatic rings. The molecule has 18 heavy (non-hydrogen) atoms. The lowest BCUT2D eigenvalue weighted by Gasteiger charge is -2.18. The Bertz CT molecular complexity index is 534. The molecule has 0 aliphatic heterocycles. The highest BCUT2D eigenvalue weighted by Gasteiger charge is 2.23. The Kier molecular flexibility index (Phi) is 3.43. The number of carboxylic acids is 1. The first kappa shape index (κ1) is 12.3. The van der Waals surface area contributed by atoms with Gasteiger partial charge in [-0.1, -0.05) is 18.2 Å². The van der Waals surface area contributed by atoms with Crippen molar-refractivity contribution < 1.29 is 9.90 Å². The third-order valence-electron chi connectivity index (χ3n) is 2.69. The summed E-state index contributed by atoms with van der Waals surface area (Å²) in [6, 6.07) is 8.91. The first-order chi connectivity index (χ1) is 8.59. The van der Waals surface area contributed by atoms with E-state index in [2.05, 4.69) is 5.10 Å². The SMILES string of the molecule is CN(C)C(C(=O)O)c1cnn(-c2ccccc2)c1. The van der Waals surface area contributed by atoms with Crippen LogP contribution in [0.3, 0.4) is 0 Å². The first-order valence-corrected chi connectivity index (χ1v) is 5.59. The molecule has 0 saturated heterocycles. The molecule has 0 amide bonds. The van der Waals surface area contributed by atoms with Gasteiger partial charge in [0.2, 0.25) is 0 Å². The molecule has 1 aromatic carbocycles. The van der Waals surface area contributed by atoms with E-state index < -0.39 is 12.0 Å². The van der Waals surface area contributed by atoms with E-state index in [0.29, 0.717) is 5.56 Å². The summed E-state index contributed by atoms with van der Waals surface area (Å²) in [6.07, 6.45) is 3.33. The number of hydrogen-bond acceptors (Lipinski definition) is 3. The zero-order valence-electron chi connectivity index (χ0n) is 10.3. The van der Waals surface area contributed by atoms with Gasteiger partial charge in [0.25, 0.3) is 0 Å². The molecule has 2 rings (SSSR count). The van der Waals surface area contributed by atoms with Gasteiger partial charge in [-0.15, -0.1) is 0 Å². The molecule has 1 aromatic heterocycles. The average molecular weight is 245 g/mol. The van der Waals surface area contributed by atoms with Gasteiger partial charge in [0.1, 0.15) is 6.04 Å². The van der Waals surface area contributed by atoms with Gasteiger partial charge in [-0.2, -0.15) is 5.10 Å². The maximum Gasteiger partial charge on any atom is 0.325 e. The number of nitrogens with zero attached hydrogens (tertiary/aromatic N) is 3. The highest BCUT2D eigenvalue weighted by Crippen LogP contribution is 2.19. The van der Waals surface area contributed by atoms with Crippen molar-refractivity contribution in [3.05, 3.63) is 48.3 Å². The number of likely N-dealkylation sites (N-methyl/N-ethyl adjacent to an activating group) is 1. The molecule has 94 valence electrons. The Labute approximate surface area is 105 Å². The number of rotatable bonds is 4. The van der Waals surface area contributed by atoms with Gasteiger partial charge >= 0.3 is 5.97 Å². The van der Waals surface area contributed by atoms with Crippen LogP contribution >= 0.6 is 0 Å². The number of para-hydroxylation sites is 1. The molecule has 0 saturated carbocycles. The molecule has 2 aromatic rings. The zero-order chi connectivity index (χ0) is 13.1. The van der Waals surface area contributed by atoms with Crippen LogP contribution in [0.15, 0.2) is 42.7 Å². The molecule has 0 radical (unpaired) electrons. The van der Waals surface area contributed by atoms with E-state index in [9.17, 15) is 9.90 Å². The van der Waals surface area contributed by atoms with Crippen LogP contribution in [0, 0.1) is 0 Å². The lowest BCUT2D eigenvalue weighted by molar-refractivity contribution is -0.142. The molecule has 0 aliphatic carbocycles. The standard InChI is InChI=1S/C13H15N3O2/c1-15(2)12(13(17)18)10-8-14-16(9-10)11-6-4-3-5-7-11/h3-9,12H,1-2H3,(H,17,18). The topological polar surface area (TPSA) is 58.4 Å². The van der Waals surface area contributed by atoms with Crippen LogP contribution in [0.5, 0.6) is 0 Å². The number of carbonyl (C=O) groups is 1. The number of benzene rings is 1. The summed E-state index contributed by atoms with van der Waals surface area (Å²) < 4.78 is 1.68. The second-order valence-corrected chi connectivity index (χ2v) is 4.26. The maximum atomic E-state index is 11.2. The van der Waals surface area contributed by atoms with E-state index in [0.717, 1.165) is 5.69 Å². The van der Waals surface area contributed by atoms with Gasteiger partial charge < -0.3 is 5.11 Å². The van der Waals surface area contributed by atoms with Crippen LogP contribution in [-0.4, -0.2) is 39.9 Å². The Hall–Kier alpha value is -2.14. The second kappa shape index (κ2) is 5.01. The summed E-state index contributed by atoms with van der Waals surface area (Å²) in [7, 11) is 3.47. The molecule has 5 nitrogen and oxygen atoms in total. The summed E-state index contributed by atoms with van der Waals surface area (Å²) in [5.41, 5.74) is 1.57. The third kappa shape index (κ3) is 2.41. The van der Waals surface area contributed by atoms with Crippen LogP contribution in [0.2, 0.25) is 0 Å². The summed E-state index contributed by atoms with van der Waals surface area (Å²) in [5, 5.41) is 13.4. The van der Waals surface area contributed by atoms with Crippen LogP contribution in [0.25, 0.3) is 5.69 Å². The molecule has 1 N–H and O–H groups in total. The fraction of sp³-hybridized carbons (Fsp3) is 0.231. The fourth-order valence-corrected chi connectivity index (χ4v) is 1.86. The Morgan fingerprint density at radius 3 is 2.56 bits per heavy atom. The van der Waals surface area contributed by atoms with Gasteiger partial charge in [0.05, 0.1) is 11.9 Å². The number of aromatic nitrogens is 2. The van der Waals surface area contributed by atoms with E-state index in [-0.39, 0.29) is 0 Å². The Morgan fingerprint density at radius 1 is 1.33 bits per heavy atom. The smallest absolute Gasteiger partial charge is 0.325 e.